The molecule has 0 fully saturated rings. The van der Waals surface area contributed by atoms with Crippen molar-refractivity contribution in [2.24, 2.45) is 0 Å². The van der Waals surface area contributed by atoms with Crippen LogP contribution in [0.1, 0.15) is 51.0 Å². The average Bonchev–Trinajstić information content (AvgIpc) is 3.00. The lowest BCUT2D eigenvalue weighted by Crippen LogP contribution is -2.28. The summed E-state index contributed by atoms with van der Waals surface area (Å²) in [6.45, 7) is 7.08. The minimum absolute atomic E-state index is 0.00320. The predicted molar refractivity (Wildman–Crippen MR) is 98.0 cm³/mol. The van der Waals surface area contributed by atoms with Gasteiger partial charge < -0.3 is 9.88 Å². The molecule has 1 heterocycles. The first kappa shape index (κ1) is 18.5. The van der Waals surface area contributed by atoms with E-state index in [0.29, 0.717) is 5.75 Å². The molecule has 0 aliphatic carbocycles. The number of aromatic nitrogens is 3. The van der Waals surface area contributed by atoms with Crippen molar-refractivity contribution < 1.29 is 4.79 Å². The number of nitrogens with zero attached hydrogens (tertiary/aromatic N) is 3. The van der Waals surface area contributed by atoms with Crippen LogP contribution in [0, 0.1) is 0 Å². The summed E-state index contributed by atoms with van der Waals surface area (Å²) in [7, 11) is 0. The van der Waals surface area contributed by atoms with Crippen LogP contribution in [0.3, 0.4) is 0 Å². The Kier molecular flexibility index (Phi) is 7.31. The molecule has 1 atom stereocenters. The van der Waals surface area contributed by atoms with Crippen LogP contribution >= 0.6 is 11.8 Å². The molecule has 2 rings (SSSR count). The molecule has 0 radical (unpaired) electrons. The summed E-state index contributed by atoms with van der Waals surface area (Å²) >= 11 is 1.45. The van der Waals surface area contributed by atoms with Gasteiger partial charge in [-0.25, -0.2) is 0 Å². The molecule has 2 aromatic rings. The zero-order chi connectivity index (χ0) is 17.4. The SMILES string of the molecule is CCCCc1nnc(SCC(=O)N[C@@H](C)c2ccccc2)n1CC. The fourth-order valence-electron chi connectivity index (χ4n) is 2.50. The monoisotopic (exact) mass is 346 g/mol. The number of unbranched alkanes of at least 4 members (excludes halogenated alkanes) is 1. The van der Waals surface area contributed by atoms with Crippen molar-refractivity contribution in [3.05, 3.63) is 41.7 Å². The van der Waals surface area contributed by atoms with Gasteiger partial charge in [0.15, 0.2) is 5.16 Å². The lowest BCUT2D eigenvalue weighted by molar-refractivity contribution is -0.119. The minimum Gasteiger partial charge on any atom is -0.349 e. The maximum absolute atomic E-state index is 12.2. The maximum atomic E-state index is 12.2. The van der Waals surface area contributed by atoms with Gasteiger partial charge in [-0.15, -0.1) is 10.2 Å². The highest BCUT2D eigenvalue weighted by Crippen LogP contribution is 2.18. The van der Waals surface area contributed by atoms with Crippen LogP contribution in [-0.4, -0.2) is 26.4 Å². The zero-order valence-electron chi connectivity index (χ0n) is 14.7. The highest BCUT2D eigenvalue weighted by Gasteiger charge is 2.14. The largest absolute Gasteiger partial charge is 0.349 e. The fourth-order valence-corrected chi connectivity index (χ4v) is 3.33. The van der Waals surface area contributed by atoms with Gasteiger partial charge in [0, 0.05) is 13.0 Å². The van der Waals surface area contributed by atoms with Crippen molar-refractivity contribution in [2.45, 2.75) is 57.8 Å². The summed E-state index contributed by atoms with van der Waals surface area (Å²) in [5.74, 6) is 1.38. The number of carbonyl (C=O) groups excluding carboxylic acids is 1. The Bertz CT molecular complexity index is 642. The fraction of sp³-hybridized carbons (Fsp3) is 0.500. The van der Waals surface area contributed by atoms with Crippen LogP contribution in [0.15, 0.2) is 35.5 Å². The van der Waals surface area contributed by atoms with Crippen molar-refractivity contribution in [1.29, 1.82) is 0 Å². The second-order valence-electron chi connectivity index (χ2n) is 5.74. The molecule has 1 amide bonds. The number of hydrogen-bond donors (Lipinski definition) is 1. The third-order valence-corrected chi connectivity index (χ3v) is 4.84. The molecular formula is C18H26N4OS. The molecule has 0 aliphatic heterocycles. The Labute approximate surface area is 148 Å². The molecule has 0 unspecified atom stereocenters. The van der Waals surface area contributed by atoms with Gasteiger partial charge in [0.05, 0.1) is 11.8 Å². The van der Waals surface area contributed by atoms with Gasteiger partial charge >= 0.3 is 0 Å². The summed E-state index contributed by atoms with van der Waals surface area (Å²) in [4.78, 5) is 12.2. The van der Waals surface area contributed by atoms with Crippen molar-refractivity contribution in [1.82, 2.24) is 20.1 Å². The van der Waals surface area contributed by atoms with E-state index < -0.39 is 0 Å². The van der Waals surface area contributed by atoms with Gasteiger partial charge in [-0.3, -0.25) is 4.79 Å². The van der Waals surface area contributed by atoms with E-state index in [9.17, 15) is 4.79 Å². The molecule has 1 N–H and O–H groups in total. The Morgan fingerprint density at radius 3 is 2.67 bits per heavy atom. The lowest BCUT2D eigenvalue weighted by Gasteiger charge is -2.14. The van der Waals surface area contributed by atoms with Crippen LogP contribution in [0.25, 0.3) is 0 Å². The number of rotatable bonds is 9. The zero-order valence-corrected chi connectivity index (χ0v) is 15.5. The Morgan fingerprint density at radius 2 is 2.00 bits per heavy atom. The molecule has 1 aromatic carbocycles. The number of hydrogen-bond acceptors (Lipinski definition) is 4. The van der Waals surface area contributed by atoms with Gasteiger partial charge in [-0.05, 0) is 25.8 Å². The number of amides is 1. The van der Waals surface area contributed by atoms with Gasteiger partial charge in [0.2, 0.25) is 5.91 Å². The van der Waals surface area contributed by atoms with Crippen molar-refractivity contribution in [3.8, 4) is 0 Å². The van der Waals surface area contributed by atoms with E-state index in [1.165, 1.54) is 11.8 Å². The highest BCUT2D eigenvalue weighted by molar-refractivity contribution is 7.99. The highest BCUT2D eigenvalue weighted by atomic mass is 32.2. The number of nitrogens with one attached hydrogen (secondary N) is 1. The first-order valence-corrected chi connectivity index (χ1v) is 9.53. The molecular weight excluding hydrogens is 320 g/mol. The second kappa shape index (κ2) is 9.47. The van der Waals surface area contributed by atoms with Crippen molar-refractivity contribution in [3.63, 3.8) is 0 Å². The molecule has 0 spiro atoms. The third-order valence-electron chi connectivity index (χ3n) is 3.87. The quantitative estimate of drug-likeness (QED) is 0.705. The Morgan fingerprint density at radius 1 is 1.25 bits per heavy atom. The molecule has 24 heavy (non-hydrogen) atoms. The van der Waals surface area contributed by atoms with E-state index in [2.05, 4.69) is 33.9 Å². The van der Waals surface area contributed by atoms with Gasteiger partial charge in [-0.1, -0.05) is 55.4 Å². The average molecular weight is 347 g/mol. The Balaban J connectivity index is 1.88. The molecule has 6 heteroatoms. The molecule has 0 saturated carbocycles. The number of thioether (sulfide) groups is 1. The lowest BCUT2D eigenvalue weighted by atomic mass is 10.1. The van der Waals surface area contributed by atoms with Gasteiger partial charge in [0.1, 0.15) is 5.82 Å². The summed E-state index contributed by atoms with van der Waals surface area (Å²) in [6.07, 6.45) is 3.19. The maximum Gasteiger partial charge on any atom is 0.230 e. The van der Waals surface area contributed by atoms with Crippen molar-refractivity contribution in [2.75, 3.05) is 5.75 Å². The molecule has 130 valence electrons. The number of carbonyl (C=O) groups is 1. The normalized spacial score (nSPS) is 12.1. The summed E-state index contributed by atoms with van der Waals surface area (Å²) in [5, 5.41) is 12.4. The van der Waals surface area contributed by atoms with Gasteiger partial charge in [0.25, 0.3) is 0 Å². The predicted octanol–water partition coefficient (Wildman–Crippen LogP) is 3.61. The minimum atomic E-state index is 0.00320. The van der Waals surface area contributed by atoms with Crippen LogP contribution in [-0.2, 0) is 17.8 Å². The summed E-state index contributed by atoms with van der Waals surface area (Å²) in [5.41, 5.74) is 1.11. The molecule has 1 aromatic heterocycles. The third kappa shape index (κ3) is 5.09. The van der Waals surface area contributed by atoms with E-state index in [1.54, 1.807) is 0 Å². The van der Waals surface area contributed by atoms with E-state index >= 15 is 0 Å². The summed E-state index contributed by atoms with van der Waals surface area (Å²) < 4.78 is 2.11. The standard InChI is InChI=1S/C18H26N4OS/c1-4-6-12-16-20-21-18(22(16)5-2)24-13-17(23)19-14(3)15-10-8-7-9-11-15/h7-11,14H,4-6,12-13H2,1-3H3,(H,19,23)/t14-/m0/s1. The Hall–Kier alpha value is -1.82. The van der Waals surface area contributed by atoms with Crippen LogP contribution in [0.5, 0.6) is 0 Å². The van der Waals surface area contributed by atoms with E-state index in [1.807, 2.05) is 37.3 Å². The molecule has 5 nitrogen and oxygen atoms in total. The van der Waals surface area contributed by atoms with E-state index in [4.69, 9.17) is 0 Å². The van der Waals surface area contributed by atoms with Gasteiger partial charge in [-0.2, -0.15) is 0 Å². The topological polar surface area (TPSA) is 59.8 Å². The summed E-state index contributed by atoms with van der Waals surface area (Å²) in [6, 6.07) is 9.98. The molecule has 0 bridgehead atoms. The van der Waals surface area contributed by atoms with Crippen molar-refractivity contribution >= 4 is 17.7 Å². The first-order valence-electron chi connectivity index (χ1n) is 8.54. The van der Waals surface area contributed by atoms with E-state index in [0.717, 1.165) is 42.4 Å². The second-order valence-corrected chi connectivity index (χ2v) is 6.68. The van der Waals surface area contributed by atoms with Crippen LogP contribution in [0.2, 0.25) is 0 Å². The first-order chi connectivity index (χ1) is 11.7. The number of benzene rings is 1. The van der Waals surface area contributed by atoms with Crippen LogP contribution in [0.4, 0.5) is 0 Å². The molecule has 0 aliphatic rings. The van der Waals surface area contributed by atoms with Crippen LogP contribution < -0.4 is 5.32 Å². The smallest absolute Gasteiger partial charge is 0.230 e. The van der Waals surface area contributed by atoms with E-state index in [-0.39, 0.29) is 11.9 Å². The molecule has 0 saturated heterocycles. The number of aryl methyl sites for hydroxylation is 1.